The fourth-order valence-electron chi connectivity index (χ4n) is 3.32. The molecule has 0 aromatic rings. The minimum atomic E-state index is -0.997. The highest BCUT2D eigenvalue weighted by Gasteiger charge is 2.40. The highest BCUT2D eigenvalue weighted by Crippen LogP contribution is 2.19. The summed E-state index contributed by atoms with van der Waals surface area (Å²) in [6.07, 6.45) is 15.4. The van der Waals surface area contributed by atoms with Crippen molar-refractivity contribution in [3.63, 3.8) is 0 Å². The maximum atomic E-state index is 9.79. The Balaban J connectivity index is 1.94. The van der Waals surface area contributed by atoms with Crippen LogP contribution in [0, 0.1) is 0 Å². The van der Waals surface area contributed by atoms with Gasteiger partial charge in [-0.3, -0.25) is 0 Å². The van der Waals surface area contributed by atoms with Gasteiger partial charge in [-0.2, -0.15) is 0 Å². The molecule has 1 rings (SSSR count). The van der Waals surface area contributed by atoms with E-state index in [4.69, 9.17) is 9.47 Å². The van der Waals surface area contributed by atoms with Gasteiger partial charge >= 0.3 is 0 Å². The molecule has 0 saturated carbocycles. The van der Waals surface area contributed by atoms with Gasteiger partial charge in [0.2, 0.25) is 0 Å². The number of hydrogen-bond acceptors (Lipinski definition) is 5. The monoisotopic (exact) mass is 372 g/mol. The van der Waals surface area contributed by atoms with Crippen molar-refractivity contribution in [3.8, 4) is 0 Å². The van der Waals surface area contributed by atoms with Crippen molar-refractivity contribution in [1.29, 1.82) is 0 Å². The van der Waals surface area contributed by atoms with Gasteiger partial charge in [-0.15, -0.1) is 0 Å². The summed E-state index contributed by atoms with van der Waals surface area (Å²) >= 11 is 0. The van der Waals surface area contributed by atoms with Gasteiger partial charge in [0.05, 0.1) is 19.8 Å². The van der Waals surface area contributed by atoms with Crippen molar-refractivity contribution in [1.82, 2.24) is 0 Å². The lowest BCUT2D eigenvalue weighted by Crippen LogP contribution is -2.42. The Morgan fingerprint density at radius 2 is 1.58 bits per heavy atom. The number of hydrogen-bond donors (Lipinski definition) is 3. The zero-order valence-corrected chi connectivity index (χ0v) is 16.5. The lowest BCUT2D eigenvalue weighted by atomic mass is 10.1. The minimum absolute atomic E-state index is 0.0836. The van der Waals surface area contributed by atoms with Gasteiger partial charge in [0, 0.05) is 0 Å². The van der Waals surface area contributed by atoms with Crippen LogP contribution < -0.4 is 0 Å². The van der Waals surface area contributed by atoms with Crippen molar-refractivity contribution in [2.75, 3.05) is 19.8 Å². The number of aliphatic hydroxyl groups excluding tert-OH is 3. The first-order chi connectivity index (χ1) is 12.7. The van der Waals surface area contributed by atoms with Crippen LogP contribution in [0.5, 0.6) is 0 Å². The van der Waals surface area contributed by atoms with Crippen LogP contribution in [0.25, 0.3) is 0 Å². The van der Waals surface area contributed by atoms with E-state index in [-0.39, 0.29) is 13.2 Å². The molecule has 3 N–H and O–H groups in total. The van der Waals surface area contributed by atoms with E-state index in [1.54, 1.807) is 0 Å². The van der Waals surface area contributed by atoms with Crippen molar-refractivity contribution in [2.45, 2.75) is 102 Å². The van der Waals surface area contributed by atoms with Crippen LogP contribution in [-0.4, -0.2) is 59.6 Å². The van der Waals surface area contributed by atoms with Crippen LogP contribution in [0.2, 0.25) is 0 Å². The van der Waals surface area contributed by atoms with Gasteiger partial charge < -0.3 is 24.8 Å². The molecule has 1 saturated heterocycles. The quantitative estimate of drug-likeness (QED) is 0.286. The SMILES string of the molecule is CCCCCCCCCCCC/C=C/CO[C@@H](CO)[C@H]1OC[C@@H](O)[C@H]1O. The third-order valence-corrected chi connectivity index (χ3v) is 5.03. The van der Waals surface area contributed by atoms with Crippen LogP contribution in [0.15, 0.2) is 12.2 Å². The number of unbranched alkanes of at least 4 members (excludes halogenated alkanes) is 10. The summed E-state index contributed by atoms with van der Waals surface area (Å²) in [6.45, 7) is 2.48. The van der Waals surface area contributed by atoms with Crippen molar-refractivity contribution < 1.29 is 24.8 Å². The molecule has 0 aromatic heterocycles. The van der Waals surface area contributed by atoms with E-state index in [0.717, 1.165) is 6.42 Å². The Hall–Kier alpha value is -0.460. The smallest absolute Gasteiger partial charge is 0.114 e. The number of allylic oxidation sites excluding steroid dienone is 1. The lowest BCUT2D eigenvalue weighted by molar-refractivity contribution is -0.0942. The zero-order valence-electron chi connectivity index (χ0n) is 16.5. The molecule has 4 atom stereocenters. The maximum absolute atomic E-state index is 9.79. The van der Waals surface area contributed by atoms with Crippen molar-refractivity contribution in [3.05, 3.63) is 12.2 Å². The predicted octanol–water partition coefficient (Wildman–Crippen LogP) is 3.35. The Morgan fingerprint density at radius 1 is 0.962 bits per heavy atom. The second-order valence-electron chi connectivity index (χ2n) is 7.35. The second-order valence-corrected chi connectivity index (χ2v) is 7.35. The predicted molar refractivity (Wildman–Crippen MR) is 104 cm³/mol. The molecule has 5 heteroatoms. The molecule has 0 unspecified atom stereocenters. The van der Waals surface area contributed by atoms with Gasteiger partial charge in [0.1, 0.15) is 24.4 Å². The van der Waals surface area contributed by atoms with Gasteiger partial charge in [-0.25, -0.2) is 0 Å². The minimum Gasteiger partial charge on any atom is -0.394 e. The van der Waals surface area contributed by atoms with E-state index >= 15 is 0 Å². The van der Waals surface area contributed by atoms with E-state index in [9.17, 15) is 15.3 Å². The summed E-state index contributed by atoms with van der Waals surface area (Å²) in [5.41, 5.74) is 0. The van der Waals surface area contributed by atoms with Gasteiger partial charge in [-0.1, -0.05) is 76.9 Å². The topological polar surface area (TPSA) is 79.2 Å². The zero-order chi connectivity index (χ0) is 19.0. The molecule has 0 aliphatic carbocycles. The van der Waals surface area contributed by atoms with E-state index in [0.29, 0.717) is 6.61 Å². The van der Waals surface area contributed by atoms with Gasteiger partial charge in [0.25, 0.3) is 0 Å². The highest BCUT2D eigenvalue weighted by atomic mass is 16.6. The Kier molecular flexibility index (Phi) is 14.1. The molecular formula is C21H40O5. The molecule has 0 radical (unpaired) electrons. The van der Waals surface area contributed by atoms with Crippen LogP contribution in [-0.2, 0) is 9.47 Å². The normalized spacial score (nSPS) is 24.5. The molecule has 0 bridgehead atoms. The molecule has 1 aliphatic heterocycles. The molecule has 26 heavy (non-hydrogen) atoms. The Morgan fingerprint density at radius 3 is 2.12 bits per heavy atom. The highest BCUT2D eigenvalue weighted by molar-refractivity contribution is 4.89. The standard InChI is InChI=1S/C21H40O5/c1-2-3-4-5-6-7-8-9-10-11-12-13-14-15-25-19(16-22)21-20(24)18(23)17-26-21/h13-14,18-24H,2-12,15-17H2,1H3/b14-13+/t18-,19+,20-,21-/m1/s1. The fourth-order valence-corrected chi connectivity index (χ4v) is 3.32. The molecular weight excluding hydrogens is 332 g/mol. The fraction of sp³-hybridized carbons (Fsp3) is 0.905. The third kappa shape index (κ3) is 10.0. The van der Waals surface area contributed by atoms with Crippen LogP contribution >= 0.6 is 0 Å². The van der Waals surface area contributed by atoms with E-state index < -0.39 is 24.4 Å². The number of ether oxygens (including phenoxy) is 2. The molecule has 0 amide bonds. The van der Waals surface area contributed by atoms with Crippen molar-refractivity contribution >= 4 is 0 Å². The third-order valence-electron chi connectivity index (χ3n) is 5.03. The average molecular weight is 373 g/mol. The van der Waals surface area contributed by atoms with E-state index in [2.05, 4.69) is 13.0 Å². The van der Waals surface area contributed by atoms with E-state index in [1.165, 1.54) is 64.2 Å². The van der Waals surface area contributed by atoms with Crippen LogP contribution in [0.3, 0.4) is 0 Å². The average Bonchev–Trinajstić information content (AvgIpc) is 2.98. The second kappa shape index (κ2) is 15.6. The molecule has 0 aromatic carbocycles. The molecule has 1 heterocycles. The first-order valence-corrected chi connectivity index (χ1v) is 10.6. The summed E-state index contributed by atoms with van der Waals surface area (Å²) in [5, 5.41) is 28.6. The van der Waals surface area contributed by atoms with Gasteiger partial charge in [0.15, 0.2) is 0 Å². The summed E-state index contributed by atoms with van der Waals surface area (Å²) in [7, 11) is 0. The van der Waals surface area contributed by atoms with Gasteiger partial charge in [-0.05, 0) is 12.8 Å². The van der Waals surface area contributed by atoms with Crippen LogP contribution in [0.1, 0.15) is 77.6 Å². The molecule has 5 nitrogen and oxygen atoms in total. The summed E-state index contributed by atoms with van der Waals surface area (Å²) in [5.74, 6) is 0. The molecule has 154 valence electrons. The summed E-state index contributed by atoms with van der Waals surface area (Å²) in [6, 6.07) is 0. The first-order valence-electron chi connectivity index (χ1n) is 10.6. The molecule has 1 fully saturated rings. The lowest BCUT2D eigenvalue weighted by Gasteiger charge is -2.23. The first kappa shape index (κ1) is 23.6. The Labute approximate surface area is 159 Å². The summed E-state index contributed by atoms with van der Waals surface area (Å²) in [4.78, 5) is 0. The Bertz CT molecular complexity index is 347. The molecule has 1 aliphatic rings. The molecule has 0 spiro atoms. The number of rotatable bonds is 16. The largest absolute Gasteiger partial charge is 0.394 e. The number of aliphatic hydroxyl groups is 3. The maximum Gasteiger partial charge on any atom is 0.114 e. The van der Waals surface area contributed by atoms with E-state index in [1.807, 2.05) is 6.08 Å². The van der Waals surface area contributed by atoms with Crippen molar-refractivity contribution in [2.24, 2.45) is 0 Å². The summed E-state index contributed by atoms with van der Waals surface area (Å²) < 4.78 is 10.9. The van der Waals surface area contributed by atoms with Crippen LogP contribution in [0.4, 0.5) is 0 Å².